The molecular weight excluding hydrogens is 293 g/mol. The molecule has 1 rings (SSSR count). The van der Waals surface area contributed by atoms with Gasteiger partial charge in [0.1, 0.15) is 13.1 Å². The SMILES string of the molecule is O=C(O)CN(CC(F)(F)F)C(=O)N1CCCCCC1CO. The third kappa shape index (κ3) is 5.78. The molecule has 1 aliphatic heterocycles. The van der Waals surface area contributed by atoms with E-state index < -0.39 is 37.3 Å². The summed E-state index contributed by atoms with van der Waals surface area (Å²) in [4.78, 5) is 24.3. The van der Waals surface area contributed by atoms with Gasteiger partial charge in [-0.3, -0.25) is 4.79 Å². The summed E-state index contributed by atoms with van der Waals surface area (Å²) in [7, 11) is 0. The molecule has 1 fully saturated rings. The predicted octanol–water partition coefficient (Wildman–Crippen LogP) is 1.29. The molecule has 0 aromatic rings. The van der Waals surface area contributed by atoms with Gasteiger partial charge in [0.2, 0.25) is 0 Å². The summed E-state index contributed by atoms with van der Waals surface area (Å²) in [6.07, 6.45) is -1.97. The number of carbonyl (C=O) groups is 2. The highest BCUT2D eigenvalue weighted by Gasteiger charge is 2.37. The Morgan fingerprint density at radius 3 is 2.43 bits per heavy atom. The van der Waals surface area contributed by atoms with Crippen molar-refractivity contribution >= 4 is 12.0 Å². The van der Waals surface area contributed by atoms with E-state index in [4.69, 9.17) is 5.11 Å². The summed E-state index contributed by atoms with van der Waals surface area (Å²) in [5, 5.41) is 18.0. The molecule has 2 N–H and O–H groups in total. The Morgan fingerprint density at radius 1 is 1.24 bits per heavy atom. The average molecular weight is 312 g/mol. The summed E-state index contributed by atoms with van der Waals surface area (Å²) in [6, 6.07) is -1.56. The molecule has 0 saturated carbocycles. The van der Waals surface area contributed by atoms with Gasteiger partial charge >= 0.3 is 18.2 Å². The zero-order valence-corrected chi connectivity index (χ0v) is 11.5. The van der Waals surface area contributed by atoms with Gasteiger partial charge in [0.25, 0.3) is 0 Å². The van der Waals surface area contributed by atoms with E-state index in [1.165, 1.54) is 0 Å². The predicted molar refractivity (Wildman–Crippen MR) is 66.7 cm³/mol. The number of nitrogens with zero attached hydrogens (tertiary/aromatic N) is 2. The zero-order chi connectivity index (χ0) is 16.0. The minimum atomic E-state index is -4.67. The Balaban J connectivity index is 2.87. The highest BCUT2D eigenvalue weighted by molar-refractivity contribution is 5.80. The van der Waals surface area contributed by atoms with Gasteiger partial charge in [0.05, 0.1) is 12.6 Å². The molecular formula is C12H19F3N2O4. The van der Waals surface area contributed by atoms with Crippen LogP contribution in [-0.2, 0) is 4.79 Å². The van der Waals surface area contributed by atoms with Crippen molar-refractivity contribution in [3.8, 4) is 0 Å². The molecule has 1 heterocycles. The third-order valence-electron chi connectivity index (χ3n) is 3.30. The fraction of sp³-hybridized carbons (Fsp3) is 0.833. The number of urea groups is 1. The van der Waals surface area contributed by atoms with Crippen LogP contribution < -0.4 is 0 Å². The van der Waals surface area contributed by atoms with E-state index in [2.05, 4.69) is 0 Å². The number of alkyl halides is 3. The summed E-state index contributed by atoms with van der Waals surface area (Å²) >= 11 is 0. The van der Waals surface area contributed by atoms with Crippen molar-refractivity contribution in [1.29, 1.82) is 0 Å². The fourth-order valence-electron chi connectivity index (χ4n) is 2.37. The lowest BCUT2D eigenvalue weighted by Crippen LogP contribution is -2.52. The number of carbonyl (C=O) groups excluding carboxylic acids is 1. The molecule has 1 saturated heterocycles. The van der Waals surface area contributed by atoms with Crippen LogP contribution in [0, 0.1) is 0 Å². The van der Waals surface area contributed by atoms with Gasteiger partial charge in [-0.2, -0.15) is 13.2 Å². The van der Waals surface area contributed by atoms with E-state index in [0.717, 1.165) is 17.7 Å². The monoisotopic (exact) mass is 312 g/mol. The lowest BCUT2D eigenvalue weighted by Gasteiger charge is -2.34. The standard InChI is InChI=1S/C12H19F3N2O4/c13-12(14,15)8-16(6-10(19)20)11(21)17-5-3-1-2-4-9(17)7-18/h9,18H,1-8H2,(H,19,20). The van der Waals surface area contributed by atoms with Crippen LogP contribution in [0.4, 0.5) is 18.0 Å². The Morgan fingerprint density at radius 2 is 1.90 bits per heavy atom. The Labute approximate surface area is 120 Å². The van der Waals surface area contributed by atoms with Gasteiger partial charge in [-0.05, 0) is 12.8 Å². The first-order valence-corrected chi connectivity index (χ1v) is 6.69. The number of amides is 2. The maximum absolute atomic E-state index is 12.5. The quantitative estimate of drug-likeness (QED) is 0.820. The molecule has 1 aliphatic rings. The number of likely N-dealkylation sites (tertiary alicyclic amines) is 1. The molecule has 21 heavy (non-hydrogen) atoms. The highest BCUT2D eigenvalue weighted by atomic mass is 19.4. The van der Waals surface area contributed by atoms with E-state index in [1.54, 1.807) is 0 Å². The molecule has 1 atom stereocenters. The molecule has 122 valence electrons. The number of carboxylic acids is 1. The van der Waals surface area contributed by atoms with Crippen LogP contribution >= 0.6 is 0 Å². The van der Waals surface area contributed by atoms with Crippen molar-refractivity contribution in [2.45, 2.75) is 37.9 Å². The number of hydrogen-bond donors (Lipinski definition) is 2. The normalized spacial score (nSPS) is 20.0. The molecule has 0 aromatic heterocycles. The molecule has 0 bridgehead atoms. The number of rotatable bonds is 4. The van der Waals surface area contributed by atoms with Crippen LogP contribution in [0.3, 0.4) is 0 Å². The summed E-state index contributed by atoms with van der Waals surface area (Å²) in [5.74, 6) is -1.51. The maximum atomic E-state index is 12.5. The number of aliphatic hydroxyl groups is 1. The molecule has 0 aliphatic carbocycles. The molecule has 0 aromatic carbocycles. The highest BCUT2D eigenvalue weighted by Crippen LogP contribution is 2.21. The van der Waals surface area contributed by atoms with Gasteiger partial charge in [0, 0.05) is 6.54 Å². The fourth-order valence-corrected chi connectivity index (χ4v) is 2.37. The first kappa shape index (κ1) is 17.5. The van der Waals surface area contributed by atoms with Crippen LogP contribution in [0.2, 0.25) is 0 Å². The number of hydrogen-bond acceptors (Lipinski definition) is 3. The lowest BCUT2D eigenvalue weighted by atomic mass is 10.1. The summed E-state index contributed by atoms with van der Waals surface area (Å²) < 4.78 is 37.5. The molecule has 9 heteroatoms. The number of halogens is 3. The zero-order valence-electron chi connectivity index (χ0n) is 11.5. The van der Waals surface area contributed by atoms with Crippen molar-refractivity contribution in [2.24, 2.45) is 0 Å². The Hall–Kier alpha value is -1.51. The van der Waals surface area contributed by atoms with Gasteiger partial charge in [-0.15, -0.1) is 0 Å². The molecule has 0 spiro atoms. The maximum Gasteiger partial charge on any atom is 0.406 e. The molecule has 1 unspecified atom stereocenters. The number of carboxylic acid groups (broad SMARTS) is 1. The second-order valence-electron chi connectivity index (χ2n) is 5.03. The average Bonchev–Trinajstić information content (AvgIpc) is 2.59. The molecule has 0 radical (unpaired) electrons. The molecule has 2 amide bonds. The van der Waals surface area contributed by atoms with E-state index in [1.807, 2.05) is 0 Å². The van der Waals surface area contributed by atoms with Crippen LogP contribution in [-0.4, -0.2) is 70.5 Å². The van der Waals surface area contributed by atoms with Crippen LogP contribution in [0.15, 0.2) is 0 Å². The van der Waals surface area contributed by atoms with Gasteiger partial charge in [-0.25, -0.2) is 4.79 Å². The van der Waals surface area contributed by atoms with Gasteiger partial charge < -0.3 is 20.0 Å². The van der Waals surface area contributed by atoms with E-state index >= 15 is 0 Å². The van der Waals surface area contributed by atoms with E-state index in [9.17, 15) is 27.9 Å². The van der Waals surface area contributed by atoms with Crippen molar-refractivity contribution < 1.29 is 33.0 Å². The third-order valence-corrected chi connectivity index (χ3v) is 3.30. The first-order valence-electron chi connectivity index (χ1n) is 6.69. The van der Waals surface area contributed by atoms with Crippen molar-refractivity contribution in [1.82, 2.24) is 9.80 Å². The van der Waals surface area contributed by atoms with Gasteiger partial charge in [-0.1, -0.05) is 12.8 Å². The second-order valence-corrected chi connectivity index (χ2v) is 5.03. The van der Waals surface area contributed by atoms with Crippen LogP contribution in [0.1, 0.15) is 25.7 Å². The van der Waals surface area contributed by atoms with Crippen LogP contribution in [0.5, 0.6) is 0 Å². The summed E-state index contributed by atoms with van der Waals surface area (Å²) in [5.41, 5.74) is 0. The van der Waals surface area contributed by atoms with Crippen molar-refractivity contribution in [2.75, 3.05) is 26.2 Å². The number of aliphatic carboxylic acids is 1. The lowest BCUT2D eigenvalue weighted by molar-refractivity contribution is -0.150. The second kappa shape index (κ2) is 7.48. The largest absolute Gasteiger partial charge is 0.480 e. The summed E-state index contributed by atoms with van der Waals surface area (Å²) in [6.45, 7) is -2.77. The smallest absolute Gasteiger partial charge is 0.406 e. The van der Waals surface area contributed by atoms with E-state index in [-0.39, 0.29) is 18.1 Å². The topological polar surface area (TPSA) is 81.1 Å². The molecule has 6 nitrogen and oxygen atoms in total. The minimum absolute atomic E-state index is 0.220. The number of aliphatic hydroxyl groups excluding tert-OH is 1. The van der Waals surface area contributed by atoms with E-state index in [0.29, 0.717) is 12.8 Å². The van der Waals surface area contributed by atoms with Crippen LogP contribution in [0.25, 0.3) is 0 Å². The van der Waals surface area contributed by atoms with Gasteiger partial charge in [0.15, 0.2) is 0 Å². The minimum Gasteiger partial charge on any atom is -0.480 e. The van der Waals surface area contributed by atoms with Crippen molar-refractivity contribution in [3.05, 3.63) is 0 Å². The Bertz CT molecular complexity index is 376. The first-order chi connectivity index (χ1) is 9.74. The van der Waals surface area contributed by atoms with Crippen molar-refractivity contribution in [3.63, 3.8) is 0 Å². The Kier molecular flexibility index (Phi) is 6.25.